The normalized spacial score (nSPS) is 13.8. The van der Waals surface area contributed by atoms with E-state index >= 15 is 0 Å². The summed E-state index contributed by atoms with van der Waals surface area (Å²) < 4.78 is 13.2. The average molecular weight is 502 g/mol. The summed E-state index contributed by atoms with van der Waals surface area (Å²) >= 11 is 0. The third kappa shape index (κ3) is 4.47. The molecule has 0 saturated carbocycles. The molecular weight excluding hydrogens is 470 g/mol. The molecule has 4 rings (SSSR count). The van der Waals surface area contributed by atoms with Crippen molar-refractivity contribution in [2.24, 2.45) is 0 Å². The maximum Gasteiger partial charge on any atom is 0.331 e. The van der Waals surface area contributed by atoms with Crippen LogP contribution in [0.4, 0.5) is 0 Å². The number of quaternary nitrogens is 1. The van der Waals surface area contributed by atoms with Gasteiger partial charge >= 0.3 is 11.4 Å². The lowest BCUT2D eigenvalue weighted by atomic mass is 9.84. The fourth-order valence-corrected chi connectivity index (χ4v) is 4.30. The number of hydrogen-bond acceptors (Lipinski definition) is 7. The topological polar surface area (TPSA) is 188 Å². The standard InChI is InChI=1S/C24H28N4O7.H3N/c1-4-6-10-27-21(30)17(19(29)25-23(27)32)16-14-12-13(34-3)8-9-15(14)35-20-18(16)22(31)28(11-7-5-2)24(33)26-20;/h8-9,12,16,30H,4-7,10-11H2,1-3H3,(H,26,33)(H,25,29,32);1H3. The SMILES string of the molecule is CCCCn1c([O-])c(C2c3cc(OC)ccc3Oc3[nH]c(=O)n(CCCC)c(=O)c32)c(=O)[nH]c1=O.[NH4+]. The number of nitrogens with one attached hydrogen (secondary N) is 2. The fraction of sp³-hybridized carbons (Fsp3) is 0.417. The highest BCUT2D eigenvalue weighted by Gasteiger charge is 2.36. The van der Waals surface area contributed by atoms with Crippen molar-refractivity contribution in [3.8, 4) is 23.3 Å². The first-order chi connectivity index (χ1) is 16.8. The van der Waals surface area contributed by atoms with E-state index in [1.165, 1.54) is 7.11 Å². The molecule has 3 aromatic rings. The van der Waals surface area contributed by atoms with E-state index in [-0.39, 0.29) is 42.0 Å². The Morgan fingerprint density at radius 2 is 1.61 bits per heavy atom. The third-order valence-electron chi connectivity index (χ3n) is 6.16. The zero-order valence-corrected chi connectivity index (χ0v) is 20.8. The van der Waals surface area contributed by atoms with Crippen LogP contribution in [0.15, 0.2) is 37.4 Å². The van der Waals surface area contributed by atoms with Crippen LogP contribution in [0.1, 0.15) is 62.1 Å². The van der Waals surface area contributed by atoms with Crippen LogP contribution >= 0.6 is 0 Å². The summed E-state index contributed by atoms with van der Waals surface area (Å²) in [6, 6.07) is 4.76. The molecular formula is C24H31N5O7. The molecule has 1 aromatic carbocycles. The minimum absolute atomic E-state index is 0. The molecule has 0 spiro atoms. The van der Waals surface area contributed by atoms with Crippen molar-refractivity contribution >= 4 is 0 Å². The minimum Gasteiger partial charge on any atom is -0.860 e. The van der Waals surface area contributed by atoms with Crippen molar-refractivity contribution in [3.63, 3.8) is 0 Å². The van der Waals surface area contributed by atoms with Crippen LogP contribution < -0.4 is 43.2 Å². The molecule has 2 aromatic heterocycles. The highest BCUT2D eigenvalue weighted by molar-refractivity contribution is 5.58. The molecule has 1 aliphatic rings. The van der Waals surface area contributed by atoms with Gasteiger partial charge in [0.1, 0.15) is 11.5 Å². The number of nitrogens with zero attached hydrogens (tertiary/aromatic N) is 2. The number of aromatic nitrogens is 4. The molecule has 6 N–H and O–H groups in total. The van der Waals surface area contributed by atoms with Gasteiger partial charge < -0.3 is 25.3 Å². The quantitative estimate of drug-likeness (QED) is 0.328. The Hall–Kier alpha value is -4.06. The maximum atomic E-state index is 13.6. The van der Waals surface area contributed by atoms with Gasteiger partial charge in [-0.2, -0.15) is 0 Å². The molecule has 1 atom stereocenters. The van der Waals surface area contributed by atoms with E-state index in [0.717, 1.165) is 22.0 Å². The van der Waals surface area contributed by atoms with Gasteiger partial charge in [-0.1, -0.05) is 26.7 Å². The summed E-state index contributed by atoms with van der Waals surface area (Å²) in [6.07, 6.45) is 2.60. The van der Waals surface area contributed by atoms with Crippen LogP contribution in [0.25, 0.3) is 0 Å². The van der Waals surface area contributed by atoms with Gasteiger partial charge in [0.2, 0.25) is 5.88 Å². The van der Waals surface area contributed by atoms with E-state index in [1.807, 2.05) is 13.8 Å². The van der Waals surface area contributed by atoms with Gasteiger partial charge in [-0.25, -0.2) is 9.59 Å². The van der Waals surface area contributed by atoms with Gasteiger partial charge in [-0.05, 0) is 36.9 Å². The Morgan fingerprint density at radius 3 is 2.25 bits per heavy atom. The Kier molecular flexibility index (Phi) is 7.88. The maximum absolute atomic E-state index is 13.6. The van der Waals surface area contributed by atoms with Gasteiger partial charge in [0, 0.05) is 24.2 Å². The third-order valence-corrected chi connectivity index (χ3v) is 6.16. The van der Waals surface area contributed by atoms with Gasteiger partial charge in [0.05, 0.1) is 18.6 Å². The largest absolute Gasteiger partial charge is 0.860 e. The molecule has 0 aliphatic carbocycles. The summed E-state index contributed by atoms with van der Waals surface area (Å²) in [7, 11) is 1.46. The lowest BCUT2D eigenvalue weighted by Crippen LogP contribution is -2.42. The zero-order valence-electron chi connectivity index (χ0n) is 20.8. The zero-order chi connectivity index (χ0) is 25.3. The fourth-order valence-electron chi connectivity index (χ4n) is 4.30. The lowest BCUT2D eigenvalue weighted by Gasteiger charge is -2.31. The highest BCUT2D eigenvalue weighted by Crippen LogP contribution is 2.46. The number of benzene rings is 1. The number of hydrogen-bond donors (Lipinski definition) is 3. The van der Waals surface area contributed by atoms with E-state index in [4.69, 9.17) is 9.47 Å². The number of ether oxygens (including phenoxy) is 2. The molecule has 0 fully saturated rings. The van der Waals surface area contributed by atoms with E-state index in [0.29, 0.717) is 24.2 Å². The van der Waals surface area contributed by atoms with Crippen molar-refractivity contribution in [1.82, 2.24) is 25.3 Å². The van der Waals surface area contributed by atoms with Crippen LogP contribution in [0.2, 0.25) is 0 Å². The summed E-state index contributed by atoms with van der Waals surface area (Å²) in [4.78, 5) is 56.5. The first-order valence-electron chi connectivity index (χ1n) is 11.6. The van der Waals surface area contributed by atoms with Crippen LogP contribution in [-0.2, 0) is 13.1 Å². The van der Waals surface area contributed by atoms with Crippen molar-refractivity contribution in [2.75, 3.05) is 7.11 Å². The van der Waals surface area contributed by atoms with Crippen LogP contribution in [0.5, 0.6) is 23.3 Å². The van der Waals surface area contributed by atoms with Crippen molar-refractivity contribution in [2.45, 2.75) is 58.5 Å². The second-order valence-corrected chi connectivity index (χ2v) is 8.41. The summed E-state index contributed by atoms with van der Waals surface area (Å²) in [5.74, 6) is -1.45. The predicted molar refractivity (Wildman–Crippen MR) is 132 cm³/mol. The Morgan fingerprint density at radius 1 is 0.972 bits per heavy atom. The van der Waals surface area contributed by atoms with Crippen molar-refractivity contribution in [3.05, 3.63) is 76.6 Å². The molecule has 1 unspecified atom stereocenters. The summed E-state index contributed by atoms with van der Waals surface area (Å²) in [6.45, 7) is 4.11. The average Bonchev–Trinajstić information content (AvgIpc) is 2.83. The molecule has 1 aliphatic heterocycles. The molecule has 0 bridgehead atoms. The smallest absolute Gasteiger partial charge is 0.331 e. The second-order valence-electron chi connectivity index (χ2n) is 8.41. The van der Waals surface area contributed by atoms with Gasteiger partial charge in [0.25, 0.3) is 11.1 Å². The van der Waals surface area contributed by atoms with Crippen LogP contribution in [0, 0.1) is 0 Å². The number of methoxy groups -OCH3 is 1. The molecule has 36 heavy (non-hydrogen) atoms. The molecule has 0 amide bonds. The molecule has 3 heterocycles. The van der Waals surface area contributed by atoms with E-state index in [9.17, 15) is 24.3 Å². The number of rotatable bonds is 8. The van der Waals surface area contributed by atoms with Crippen molar-refractivity contribution in [1.29, 1.82) is 0 Å². The first-order valence-corrected chi connectivity index (χ1v) is 11.6. The molecule has 12 heteroatoms. The summed E-state index contributed by atoms with van der Waals surface area (Å²) in [5.41, 5.74) is -3.04. The monoisotopic (exact) mass is 501 g/mol. The van der Waals surface area contributed by atoms with Crippen LogP contribution in [0.3, 0.4) is 0 Å². The summed E-state index contributed by atoms with van der Waals surface area (Å²) in [5, 5.41) is 13.5. The predicted octanol–water partition coefficient (Wildman–Crippen LogP) is 1.73. The van der Waals surface area contributed by atoms with Crippen molar-refractivity contribution < 1.29 is 14.6 Å². The van der Waals surface area contributed by atoms with Gasteiger partial charge in [0.15, 0.2) is 0 Å². The van der Waals surface area contributed by atoms with E-state index in [1.54, 1.807) is 18.2 Å². The van der Waals surface area contributed by atoms with Crippen LogP contribution in [-0.4, -0.2) is 26.2 Å². The van der Waals surface area contributed by atoms with Gasteiger partial charge in [-0.3, -0.25) is 24.1 Å². The Labute approximate surface area is 205 Å². The number of aromatic amines is 2. The number of unbranched alkanes of at least 4 members (excludes halogenated alkanes) is 2. The molecule has 0 saturated heterocycles. The second kappa shape index (κ2) is 10.7. The number of fused-ring (bicyclic) bond motifs is 2. The molecule has 0 radical (unpaired) electrons. The van der Waals surface area contributed by atoms with Gasteiger partial charge in [-0.15, -0.1) is 0 Å². The van der Waals surface area contributed by atoms with E-state index < -0.39 is 34.3 Å². The molecule has 12 nitrogen and oxygen atoms in total. The Bertz CT molecular complexity index is 1500. The highest BCUT2D eigenvalue weighted by atomic mass is 16.5. The number of H-pyrrole nitrogens is 2. The molecule has 194 valence electrons. The lowest BCUT2D eigenvalue weighted by molar-refractivity contribution is -0.281. The first kappa shape index (κ1) is 26.5. The Balaban J connectivity index is 0.00000361. The minimum atomic E-state index is -1.19. The van der Waals surface area contributed by atoms with E-state index in [2.05, 4.69) is 9.97 Å².